The van der Waals surface area contributed by atoms with Gasteiger partial charge in [-0.15, -0.1) is 0 Å². The second kappa shape index (κ2) is 7.80. The van der Waals surface area contributed by atoms with Crippen molar-refractivity contribution in [2.75, 3.05) is 11.9 Å². The van der Waals surface area contributed by atoms with Gasteiger partial charge in [-0.25, -0.2) is 4.98 Å². The lowest BCUT2D eigenvalue weighted by Crippen LogP contribution is -2.20. The molecule has 0 saturated carbocycles. The number of aryl methyl sites for hydroxylation is 3. The highest BCUT2D eigenvalue weighted by Gasteiger charge is 2.12. The molecule has 0 atom stereocenters. The fraction of sp³-hybridized carbons (Fsp3) is 0.167. The van der Waals surface area contributed by atoms with Gasteiger partial charge in [-0.3, -0.25) is 4.79 Å². The van der Waals surface area contributed by atoms with E-state index in [0.717, 1.165) is 33.6 Å². The van der Waals surface area contributed by atoms with Crippen molar-refractivity contribution in [3.63, 3.8) is 0 Å². The molecule has 2 aromatic heterocycles. The normalized spacial score (nSPS) is 10.9. The number of imidazole rings is 1. The summed E-state index contributed by atoms with van der Waals surface area (Å²) in [4.78, 5) is 17.2. The molecular weight excluding hydrogens is 362 g/mol. The first-order chi connectivity index (χ1) is 14.0. The average molecular weight is 385 g/mol. The Balaban J connectivity index is 1.53. The molecular formula is C24H23N3O2. The minimum Gasteiger partial charge on any atom is -0.484 e. The lowest BCUT2D eigenvalue weighted by molar-refractivity contribution is -0.118. The Bertz CT molecular complexity index is 1170. The van der Waals surface area contributed by atoms with E-state index in [-0.39, 0.29) is 12.5 Å². The van der Waals surface area contributed by atoms with Crippen LogP contribution in [0.25, 0.3) is 16.9 Å². The van der Waals surface area contributed by atoms with Gasteiger partial charge in [0.1, 0.15) is 11.4 Å². The van der Waals surface area contributed by atoms with Crippen molar-refractivity contribution < 1.29 is 9.53 Å². The molecule has 0 saturated heterocycles. The first-order valence-electron chi connectivity index (χ1n) is 9.54. The zero-order chi connectivity index (χ0) is 20.4. The molecule has 4 rings (SSSR count). The molecule has 4 aromatic rings. The quantitative estimate of drug-likeness (QED) is 0.529. The smallest absolute Gasteiger partial charge is 0.262 e. The van der Waals surface area contributed by atoms with Crippen LogP contribution in [-0.2, 0) is 4.79 Å². The van der Waals surface area contributed by atoms with Gasteiger partial charge in [-0.1, -0.05) is 30.3 Å². The maximum atomic E-state index is 12.5. The molecule has 5 heteroatoms. The number of para-hydroxylation sites is 1. The molecule has 0 aliphatic rings. The van der Waals surface area contributed by atoms with Crippen LogP contribution in [-0.4, -0.2) is 21.9 Å². The molecule has 0 aliphatic heterocycles. The van der Waals surface area contributed by atoms with E-state index in [9.17, 15) is 4.79 Å². The van der Waals surface area contributed by atoms with E-state index >= 15 is 0 Å². The van der Waals surface area contributed by atoms with E-state index < -0.39 is 0 Å². The second-order valence-electron chi connectivity index (χ2n) is 7.25. The topological polar surface area (TPSA) is 55.6 Å². The summed E-state index contributed by atoms with van der Waals surface area (Å²) in [6, 6.07) is 17.6. The third-order valence-electron chi connectivity index (χ3n) is 4.72. The van der Waals surface area contributed by atoms with Gasteiger partial charge >= 0.3 is 0 Å². The first-order valence-corrected chi connectivity index (χ1v) is 9.54. The number of fused-ring (bicyclic) bond motifs is 1. The summed E-state index contributed by atoms with van der Waals surface area (Å²) in [6.45, 7) is 5.99. The van der Waals surface area contributed by atoms with Gasteiger partial charge in [0.2, 0.25) is 0 Å². The van der Waals surface area contributed by atoms with E-state index in [2.05, 4.69) is 11.4 Å². The van der Waals surface area contributed by atoms with Crippen LogP contribution in [0.2, 0.25) is 0 Å². The molecule has 29 heavy (non-hydrogen) atoms. The number of nitrogens with one attached hydrogen (secondary N) is 1. The highest BCUT2D eigenvalue weighted by molar-refractivity contribution is 5.96. The van der Waals surface area contributed by atoms with Gasteiger partial charge in [0, 0.05) is 18.0 Å². The molecule has 5 nitrogen and oxygen atoms in total. The first kappa shape index (κ1) is 18.7. The molecule has 0 radical (unpaired) electrons. The minimum atomic E-state index is -0.212. The van der Waals surface area contributed by atoms with Crippen LogP contribution in [0.15, 0.2) is 67.0 Å². The molecule has 2 aromatic carbocycles. The third-order valence-corrected chi connectivity index (χ3v) is 4.72. The Morgan fingerprint density at radius 3 is 2.55 bits per heavy atom. The summed E-state index contributed by atoms with van der Waals surface area (Å²) in [5.74, 6) is 0.485. The summed E-state index contributed by atoms with van der Waals surface area (Å²) >= 11 is 0. The van der Waals surface area contributed by atoms with Crippen molar-refractivity contribution in [1.29, 1.82) is 0 Å². The van der Waals surface area contributed by atoms with Crippen molar-refractivity contribution >= 4 is 17.2 Å². The van der Waals surface area contributed by atoms with Crippen molar-refractivity contribution in [3.05, 3.63) is 83.7 Å². The van der Waals surface area contributed by atoms with Gasteiger partial charge in [-0.2, -0.15) is 0 Å². The number of carbonyl (C=O) groups excluding carboxylic acids is 1. The number of benzene rings is 2. The molecule has 1 N–H and O–H groups in total. The highest BCUT2D eigenvalue weighted by atomic mass is 16.5. The lowest BCUT2D eigenvalue weighted by Gasteiger charge is -2.11. The van der Waals surface area contributed by atoms with E-state index in [0.29, 0.717) is 11.4 Å². The number of carbonyl (C=O) groups is 1. The van der Waals surface area contributed by atoms with Crippen LogP contribution in [0.1, 0.15) is 16.7 Å². The maximum Gasteiger partial charge on any atom is 0.262 e. The lowest BCUT2D eigenvalue weighted by atomic mass is 10.1. The predicted molar refractivity (Wildman–Crippen MR) is 115 cm³/mol. The van der Waals surface area contributed by atoms with Crippen LogP contribution in [0.4, 0.5) is 5.69 Å². The number of ether oxygens (including phenoxy) is 1. The largest absolute Gasteiger partial charge is 0.484 e. The summed E-state index contributed by atoms with van der Waals surface area (Å²) in [5, 5.41) is 2.95. The molecule has 0 fully saturated rings. The molecule has 0 unspecified atom stereocenters. The number of anilines is 1. The van der Waals surface area contributed by atoms with E-state index in [1.54, 1.807) is 0 Å². The van der Waals surface area contributed by atoms with Crippen LogP contribution in [0.5, 0.6) is 5.75 Å². The summed E-state index contributed by atoms with van der Waals surface area (Å²) in [6.07, 6.45) is 3.94. The van der Waals surface area contributed by atoms with Gasteiger partial charge in [0.05, 0.1) is 11.4 Å². The van der Waals surface area contributed by atoms with Gasteiger partial charge in [0.25, 0.3) is 5.91 Å². The van der Waals surface area contributed by atoms with E-state index in [1.165, 1.54) is 0 Å². The summed E-state index contributed by atoms with van der Waals surface area (Å²) in [5.41, 5.74) is 6.60. The predicted octanol–water partition coefficient (Wildman–Crippen LogP) is 4.94. The molecule has 2 heterocycles. The van der Waals surface area contributed by atoms with Crippen LogP contribution in [0.3, 0.4) is 0 Å². The fourth-order valence-corrected chi connectivity index (χ4v) is 3.45. The Morgan fingerprint density at radius 2 is 1.79 bits per heavy atom. The number of nitrogens with zero attached hydrogens (tertiary/aromatic N) is 2. The van der Waals surface area contributed by atoms with E-state index in [4.69, 9.17) is 9.72 Å². The Labute approximate surface area is 170 Å². The Kier molecular flexibility index (Phi) is 5.04. The Morgan fingerprint density at radius 1 is 1.03 bits per heavy atom. The van der Waals surface area contributed by atoms with Crippen molar-refractivity contribution in [3.8, 4) is 17.0 Å². The van der Waals surface area contributed by atoms with Crippen molar-refractivity contribution in [1.82, 2.24) is 9.38 Å². The molecule has 0 bridgehead atoms. The highest BCUT2D eigenvalue weighted by Crippen LogP contribution is 2.28. The minimum absolute atomic E-state index is 0.0541. The standard InChI is InChI=1S/C24H23N3O2/c1-16-11-17(2)13-19(12-16)29-15-23(28)25-21-9-5-4-8-20(21)22-14-27-10-6-7-18(3)24(27)26-22/h4-14H,15H2,1-3H3,(H,25,28). The number of rotatable bonds is 5. The van der Waals surface area contributed by atoms with Gasteiger partial charge in [-0.05, 0) is 61.7 Å². The van der Waals surface area contributed by atoms with Crippen LogP contribution < -0.4 is 10.1 Å². The Hall–Kier alpha value is -3.60. The SMILES string of the molecule is Cc1cc(C)cc(OCC(=O)Nc2ccccc2-c2cn3cccc(C)c3n2)c1. The van der Waals surface area contributed by atoms with E-state index in [1.807, 2.05) is 86.1 Å². The zero-order valence-electron chi connectivity index (χ0n) is 16.8. The third kappa shape index (κ3) is 4.14. The molecule has 1 amide bonds. The molecule has 0 aliphatic carbocycles. The molecule has 146 valence electrons. The number of hydrogen-bond acceptors (Lipinski definition) is 3. The number of amides is 1. The second-order valence-corrected chi connectivity index (χ2v) is 7.25. The zero-order valence-corrected chi connectivity index (χ0v) is 16.8. The number of hydrogen-bond donors (Lipinski definition) is 1. The fourth-order valence-electron chi connectivity index (χ4n) is 3.45. The number of pyridine rings is 1. The number of aromatic nitrogens is 2. The van der Waals surface area contributed by atoms with Gasteiger partial charge < -0.3 is 14.5 Å². The monoisotopic (exact) mass is 385 g/mol. The summed E-state index contributed by atoms with van der Waals surface area (Å²) < 4.78 is 7.67. The van der Waals surface area contributed by atoms with Crippen LogP contribution in [0, 0.1) is 20.8 Å². The van der Waals surface area contributed by atoms with Crippen molar-refractivity contribution in [2.24, 2.45) is 0 Å². The molecule has 0 spiro atoms. The van der Waals surface area contributed by atoms with Crippen molar-refractivity contribution in [2.45, 2.75) is 20.8 Å². The van der Waals surface area contributed by atoms with Crippen LogP contribution >= 0.6 is 0 Å². The average Bonchev–Trinajstić information content (AvgIpc) is 3.12. The van der Waals surface area contributed by atoms with Gasteiger partial charge in [0.15, 0.2) is 6.61 Å². The maximum absolute atomic E-state index is 12.5. The summed E-state index contributed by atoms with van der Waals surface area (Å²) in [7, 11) is 0.